The quantitative estimate of drug-likeness (QED) is 0.467. The predicted octanol–water partition coefficient (Wildman–Crippen LogP) is 3.57. The summed E-state index contributed by atoms with van der Waals surface area (Å²) in [4.78, 5) is 39.2. The number of thioether (sulfide) groups is 1. The van der Waals surface area contributed by atoms with Crippen LogP contribution in [-0.4, -0.2) is 64.4 Å². The lowest BCUT2D eigenvalue weighted by atomic mass is 10.1. The molecule has 170 valence electrons. The summed E-state index contributed by atoms with van der Waals surface area (Å²) in [7, 11) is 4.52. The van der Waals surface area contributed by atoms with E-state index in [9.17, 15) is 14.4 Å². The molecule has 0 atom stereocenters. The summed E-state index contributed by atoms with van der Waals surface area (Å²) in [6, 6.07) is 0.156. The second kappa shape index (κ2) is 10.3. The van der Waals surface area contributed by atoms with Crippen molar-refractivity contribution < 1.29 is 19.1 Å². The molecule has 0 aliphatic rings. The number of rotatable bonds is 8. The molecule has 0 bridgehead atoms. The zero-order valence-electron chi connectivity index (χ0n) is 19.1. The van der Waals surface area contributed by atoms with Gasteiger partial charge < -0.3 is 19.5 Å². The Balaban J connectivity index is 2.24. The average Bonchev–Trinajstić information content (AvgIpc) is 3.26. The summed E-state index contributed by atoms with van der Waals surface area (Å²) in [5, 5.41) is 12.2. The van der Waals surface area contributed by atoms with Gasteiger partial charge in [0.2, 0.25) is 5.91 Å². The number of anilines is 1. The second-order valence-corrected chi connectivity index (χ2v) is 9.71. The molecule has 1 N–H and O–H groups in total. The molecular formula is C20H29N5O4S2. The van der Waals surface area contributed by atoms with Crippen molar-refractivity contribution in [3.8, 4) is 0 Å². The molecule has 0 saturated carbocycles. The van der Waals surface area contributed by atoms with Crippen LogP contribution in [0.25, 0.3) is 0 Å². The highest BCUT2D eigenvalue weighted by Crippen LogP contribution is 2.34. The topological polar surface area (TPSA) is 106 Å². The van der Waals surface area contributed by atoms with E-state index in [1.807, 2.05) is 32.3 Å². The Hall–Kier alpha value is -2.40. The molecule has 2 rings (SSSR count). The Labute approximate surface area is 190 Å². The van der Waals surface area contributed by atoms with Gasteiger partial charge in [0.1, 0.15) is 10.8 Å². The molecular weight excluding hydrogens is 438 g/mol. The lowest BCUT2D eigenvalue weighted by Crippen LogP contribution is -2.21. The third kappa shape index (κ3) is 5.45. The number of carbonyl (C=O) groups is 3. The van der Waals surface area contributed by atoms with Gasteiger partial charge in [0.05, 0.1) is 23.3 Å². The van der Waals surface area contributed by atoms with Crippen molar-refractivity contribution in [3.63, 3.8) is 0 Å². The fourth-order valence-corrected chi connectivity index (χ4v) is 5.02. The molecule has 2 heterocycles. The fourth-order valence-electron chi connectivity index (χ4n) is 2.92. The van der Waals surface area contributed by atoms with Gasteiger partial charge in [-0.3, -0.25) is 9.59 Å². The van der Waals surface area contributed by atoms with Crippen LogP contribution in [0, 0.1) is 6.92 Å². The Morgan fingerprint density at radius 3 is 2.35 bits per heavy atom. The standard InChI is InChI=1S/C20H29N5O4S2/c1-10(2)16-22-23-20(25(16)11(3)4)30-9-13(26)21-17-14(19(28)29-8)12(5)15(31-17)18(27)24(6)7/h10-11H,9H2,1-8H3,(H,21,26). The van der Waals surface area contributed by atoms with Gasteiger partial charge in [0, 0.05) is 26.1 Å². The van der Waals surface area contributed by atoms with Gasteiger partial charge in [-0.15, -0.1) is 21.5 Å². The SMILES string of the molecule is COC(=O)c1c(NC(=O)CSc2nnc(C(C)C)n2C(C)C)sc(C(=O)N(C)C)c1C. The van der Waals surface area contributed by atoms with Crippen molar-refractivity contribution in [2.24, 2.45) is 0 Å². The molecule has 0 aliphatic heterocycles. The van der Waals surface area contributed by atoms with Crippen LogP contribution in [-0.2, 0) is 9.53 Å². The van der Waals surface area contributed by atoms with Gasteiger partial charge in [-0.2, -0.15) is 0 Å². The minimum absolute atomic E-state index is 0.0808. The Morgan fingerprint density at radius 1 is 1.19 bits per heavy atom. The normalized spacial score (nSPS) is 11.2. The molecule has 0 aliphatic carbocycles. The Morgan fingerprint density at radius 2 is 1.84 bits per heavy atom. The van der Waals surface area contributed by atoms with Gasteiger partial charge in [0.15, 0.2) is 5.16 Å². The molecule has 0 aromatic carbocycles. The molecule has 0 saturated heterocycles. The largest absolute Gasteiger partial charge is 0.465 e. The van der Waals surface area contributed by atoms with Crippen molar-refractivity contribution in [3.05, 3.63) is 21.8 Å². The number of carbonyl (C=O) groups excluding carboxylic acids is 3. The highest BCUT2D eigenvalue weighted by Gasteiger charge is 2.27. The van der Waals surface area contributed by atoms with Crippen molar-refractivity contribution in [2.45, 2.75) is 51.7 Å². The summed E-state index contributed by atoms with van der Waals surface area (Å²) in [6.07, 6.45) is 0. The lowest BCUT2D eigenvalue weighted by Gasteiger charge is -2.15. The third-order valence-corrected chi connectivity index (χ3v) is 6.58. The van der Waals surface area contributed by atoms with Crippen LogP contribution in [0.1, 0.15) is 71.1 Å². The van der Waals surface area contributed by atoms with E-state index in [0.29, 0.717) is 20.6 Å². The maximum absolute atomic E-state index is 12.7. The first kappa shape index (κ1) is 24.9. The number of methoxy groups -OCH3 is 1. The monoisotopic (exact) mass is 467 g/mol. The van der Waals surface area contributed by atoms with Crippen LogP contribution in [0.15, 0.2) is 5.16 Å². The first-order valence-corrected chi connectivity index (χ1v) is 11.6. The smallest absolute Gasteiger partial charge is 0.341 e. The summed E-state index contributed by atoms with van der Waals surface area (Å²) in [6.45, 7) is 9.84. The minimum Gasteiger partial charge on any atom is -0.465 e. The van der Waals surface area contributed by atoms with Gasteiger partial charge in [0.25, 0.3) is 5.91 Å². The maximum Gasteiger partial charge on any atom is 0.341 e. The summed E-state index contributed by atoms with van der Waals surface area (Å²) >= 11 is 2.34. The first-order valence-electron chi connectivity index (χ1n) is 9.80. The minimum atomic E-state index is -0.601. The van der Waals surface area contributed by atoms with Crippen LogP contribution in [0.2, 0.25) is 0 Å². The van der Waals surface area contributed by atoms with E-state index in [1.165, 1.54) is 23.8 Å². The zero-order valence-corrected chi connectivity index (χ0v) is 20.7. The number of esters is 1. The lowest BCUT2D eigenvalue weighted by molar-refractivity contribution is -0.113. The van der Waals surface area contributed by atoms with E-state index < -0.39 is 5.97 Å². The van der Waals surface area contributed by atoms with Crippen LogP contribution < -0.4 is 5.32 Å². The van der Waals surface area contributed by atoms with Crippen molar-refractivity contribution >= 4 is 45.9 Å². The van der Waals surface area contributed by atoms with E-state index in [1.54, 1.807) is 21.0 Å². The Kier molecular flexibility index (Phi) is 8.24. The number of aromatic nitrogens is 3. The highest BCUT2D eigenvalue weighted by molar-refractivity contribution is 7.99. The van der Waals surface area contributed by atoms with E-state index in [2.05, 4.69) is 15.5 Å². The van der Waals surface area contributed by atoms with Crippen molar-refractivity contribution in [1.29, 1.82) is 0 Å². The predicted molar refractivity (Wildman–Crippen MR) is 122 cm³/mol. The average molecular weight is 468 g/mol. The summed E-state index contributed by atoms with van der Waals surface area (Å²) in [5.41, 5.74) is 0.683. The van der Waals surface area contributed by atoms with E-state index in [-0.39, 0.29) is 35.1 Å². The molecule has 2 aromatic heterocycles. The number of nitrogens with one attached hydrogen (secondary N) is 1. The van der Waals surface area contributed by atoms with Crippen molar-refractivity contribution in [1.82, 2.24) is 19.7 Å². The van der Waals surface area contributed by atoms with Crippen LogP contribution in [0.5, 0.6) is 0 Å². The second-order valence-electron chi connectivity index (χ2n) is 7.75. The number of ether oxygens (including phenoxy) is 1. The van der Waals surface area contributed by atoms with Gasteiger partial charge in [-0.1, -0.05) is 25.6 Å². The first-order chi connectivity index (χ1) is 14.5. The van der Waals surface area contributed by atoms with E-state index in [4.69, 9.17) is 4.74 Å². The van der Waals surface area contributed by atoms with Gasteiger partial charge in [-0.25, -0.2) is 4.79 Å². The molecule has 31 heavy (non-hydrogen) atoms. The number of amides is 2. The van der Waals surface area contributed by atoms with Crippen molar-refractivity contribution in [2.75, 3.05) is 32.3 Å². The number of hydrogen-bond donors (Lipinski definition) is 1. The third-order valence-electron chi connectivity index (χ3n) is 4.45. The number of nitrogens with zero attached hydrogens (tertiary/aromatic N) is 4. The molecule has 9 nitrogen and oxygen atoms in total. The maximum atomic E-state index is 12.7. The molecule has 0 spiro atoms. The van der Waals surface area contributed by atoms with E-state index in [0.717, 1.165) is 17.2 Å². The molecule has 11 heteroatoms. The van der Waals surface area contributed by atoms with Crippen LogP contribution in [0.4, 0.5) is 5.00 Å². The highest BCUT2D eigenvalue weighted by atomic mass is 32.2. The van der Waals surface area contributed by atoms with Crippen LogP contribution >= 0.6 is 23.1 Å². The van der Waals surface area contributed by atoms with Gasteiger partial charge >= 0.3 is 5.97 Å². The molecule has 0 unspecified atom stereocenters. The Bertz CT molecular complexity index is 979. The molecule has 0 radical (unpaired) electrons. The molecule has 2 aromatic rings. The summed E-state index contributed by atoms with van der Waals surface area (Å²) < 4.78 is 6.87. The summed E-state index contributed by atoms with van der Waals surface area (Å²) in [5.74, 6) is 0.000375. The molecule has 0 fully saturated rings. The number of thiophene rings is 1. The van der Waals surface area contributed by atoms with E-state index >= 15 is 0 Å². The fraction of sp³-hybridized carbons (Fsp3) is 0.550. The van der Waals surface area contributed by atoms with Gasteiger partial charge in [-0.05, 0) is 26.3 Å². The zero-order chi connectivity index (χ0) is 23.5. The molecule has 2 amide bonds. The number of hydrogen-bond acceptors (Lipinski definition) is 8. The van der Waals surface area contributed by atoms with Crippen LogP contribution in [0.3, 0.4) is 0 Å².